The number of ether oxygens (including phenoxy) is 2. The summed E-state index contributed by atoms with van der Waals surface area (Å²) < 4.78 is 11.3. The van der Waals surface area contributed by atoms with Gasteiger partial charge in [0.2, 0.25) is 0 Å². The van der Waals surface area contributed by atoms with Gasteiger partial charge >= 0.3 is 0 Å². The summed E-state index contributed by atoms with van der Waals surface area (Å²) in [5.41, 5.74) is 3.38. The Morgan fingerprint density at radius 2 is 1.69 bits per heavy atom. The Kier molecular flexibility index (Phi) is 6.29. The Balaban J connectivity index is 1.78. The smallest absolute Gasteiger partial charge is 0.255 e. The van der Waals surface area contributed by atoms with E-state index in [0.29, 0.717) is 22.6 Å². The maximum atomic E-state index is 12.7. The monoisotopic (exact) mass is 389 g/mol. The van der Waals surface area contributed by atoms with E-state index in [-0.39, 0.29) is 18.3 Å². The molecular weight excluding hydrogens is 366 g/mol. The predicted molar refractivity (Wildman–Crippen MR) is 113 cm³/mol. The minimum atomic E-state index is -0.273. The molecule has 29 heavy (non-hydrogen) atoms. The first kappa shape index (κ1) is 20.1. The minimum absolute atomic E-state index is 0.0545. The molecule has 0 saturated carbocycles. The van der Waals surface area contributed by atoms with Gasteiger partial charge in [-0.1, -0.05) is 30.3 Å². The maximum absolute atomic E-state index is 12.7. The number of benzene rings is 3. The van der Waals surface area contributed by atoms with Crippen LogP contribution in [-0.2, 0) is 6.61 Å². The molecule has 148 valence electrons. The molecule has 0 aliphatic carbocycles. The van der Waals surface area contributed by atoms with Crippen molar-refractivity contribution in [1.29, 1.82) is 0 Å². The van der Waals surface area contributed by atoms with Gasteiger partial charge in [0.05, 0.1) is 7.11 Å². The number of hydrogen-bond donors (Lipinski definition) is 1. The number of carbonyl (C=O) groups excluding carboxylic acids is 2. The highest BCUT2D eigenvalue weighted by molar-refractivity contribution is 6.05. The van der Waals surface area contributed by atoms with Crippen molar-refractivity contribution < 1.29 is 19.1 Å². The van der Waals surface area contributed by atoms with Crippen LogP contribution in [0.25, 0.3) is 0 Å². The van der Waals surface area contributed by atoms with Crippen LogP contribution in [0.1, 0.15) is 38.8 Å². The number of para-hydroxylation sites is 1. The van der Waals surface area contributed by atoms with Gasteiger partial charge in [0.15, 0.2) is 5.78 Å². The topological polar surface area (TPSA) is 64.6 Å². The molecular formula is C24H23NO4. The lowest BCUT2D eigenvalue weighted by Gasteiger charge is -2.13. The van der Waals surface area contributed by atoms with Crippen LogP contribution >= 0.6 is 0 Å². The third-order valence-corrected chi connectivity index (χ3v) is 4.55. The molecule has 0 radical (unpaired) electrons. The minimum Gasteiger partial charge on any atom is -0.496 e. The first-order valence-electron chi connectivity index (χ1n) is 9.25. The number of nitrogens with one attached hydrogen (secondary N) is 1. The average Bonchev–Trinajstić information content (AvgIpc) is 2.73. The number of anilines is 1. The van der Waals surface area contributed by atoms with Crippen LogP contribution < -0.4 is 14.8 Å². The van der Waals surface area contributed by atoms with E-state index in [2.05, 4.69) is 5.32 Å². The zero-order chi connectivity index (χ0) is 20.8. The van der Waals surface area contributed by atoms with Gasteiger partial charge in [-0.25, -0.2) is 0 Å². The van der Waals surface area contributed by atoms with Crippen molar-refractivity contribution in [3.63, 3.8) is 0 Å². The van der Waals surface area contributed by atoms with E-state index in [1.165, 1.54) is 6.92 Å². The summed E-state index contributed by atoms with van der Waals surface area (Å²) in [4.78, 5) is 24.2. The van der Waals surface area contributed by atoms with Crippen molar-refractivity contribution in [1.82, 2.24) is 0 Å². The highest BCUT2D eigenvalue weighted by atomic mass is 16.5. The molecule has 0 unspecified atom stereocenters. The van der Waals surface area contributed by atoms with E-state index in [9.17, 15) is 9.59 Å². The van der Waals surface area contributed by atoms with Gasteiger partial charge in [-0.3, -0.25) is 9.59 Å². The summed E-state index contributed by atoms with van der Waals surface area (Å²) in [6.45, 7) is 3.74. The van der Waals surface area contributed by atoms with Crippen molar-refractivity contribution in [2.45, 2.75) is 20.5 Å². The lowest BCUT2D eigenvalue weighted by molar-refractivity contribution is 0.101. The second-order valence-electron chi connectivity index (χ2n) is 6.67. The number of aryl methyl sites for hydroxylation is 1. The Labute approximate surface area is 170 Å². The first-order valence-corrected chi connectivity index (χ1v) is 9.25. The second-order valence-corrected chi connectivity index (χ2v) is 6.67. The Hall–Kier alpha value is -3.60. The van der Waals surface area contributed by atoms with E-state index in [4.69, 9.17) is 9.47 Å². The SMILES string of the molecule is COc1ccc(C(=O)Nc2cccc(C(C)=O)c2)cc1COc1ccccc1C. The van der Waals surface area contributed by atoms with E-state index >= 15 is 0 Å². The van der Waals surface area contributed by atoms with Crippen molar-refractivity contribution >= 4 is 17.4 Å². The molecule has 0 aliphatic rings. The number of amides is 1. The molecule has 0 fully saturated rings. The third kappa shape index (κ3) is 5.02. The van der Waals surface area contributed by atoms with Gasteiger partial charge in [-0.2, -0.15) is 0 Å². The van der Waals surface area contributed by atoms with Crippen LogP contribution in [-0.4, -0.2) is 18.8 Å². The molecule has 0 bridgehead atoms. The van der Waals surface area contributed by atoms with Crippen molar-refractivity contribution in [3.05, 3.63) is 89.0 Å². The normalized spacial score (nSPS) is 10.3. The second kappa shape index (κ2) is 9.06. The van der Waals surface area contributed by atoms with Gasteiger partial charge < -0.3 is 14.8 Å². The van der Waals surface area contributed by atoms with Gasteiger partial charge in [-0.05, 0) is 55.8 Å². The molecule has 0 atom stereocenters. The number of rotatable bonds is 7. The van der Waals surface area contributed by atoms with Gasteiger partial charge in [0.25, 0.3) is 5.91 Å². The molecule has 5 heteroatoms. The molecule has 3 aromatic carbocycles. The van der Waals surface area contributed by atoms with Crippen LogP contribution in [0.4, 0.5) is 5.69 Å². The zero-order valence-corrected chi connectivity index (χ0v) is 16.7. The van der Waals surface area contributed by atoms with E-state index in [1.807, 2.05) is 31.2 Å². The van der Waals surface area contributed by atoms with Crippen LogP contribution in [0, 0.1) is 6.92 Å². The zero-order valence-electron chi connectivity index (χ0n) is 16.7. The highest BCUT2D eigenvalue weighted by Gasteiger charge is 2.12. The highest BCUT2D eigenvalue weighted by Crippen LogP contribution is 2.24. The Bertz CT molecular complexity index is 1040. The fourth-order valence-corrected chi connectivity index (χ4v) is 2.93. The van der Waals surface area contributed by atoms with Crippen LogP contribution in [0.5, 0.6) is 11.5 Å². The molecule has 3 rings (SSSR count). The number of carbonyl (C=O) groups is 2. The molecule has 3 aromatic rings. The van der Waals surface area contributed by atoms with Crippen molar-refractivity contribution in [2.75, 3.05) is 12.4 Å². The number of hydrogen-bond acceptors (Lipinski definition) is 4. The first-order chi connectivity index (χ1) is 14.0. The van der Waals surface area contributed by atoms with Gasteiger partial charge in [0, 0.05) is 22.4 Å². The summed E-state index contributed by atoms with van der Waals surface area (Å²) in [6.07, 6.45) is 0. The standard InChI is InChI=1S/C24H23NO4/c1-16-7-4-5-10-22(16)29-15-20-13-19(11-12-23(20)28-3)24(27)25-21-9-6-8-18(14-21)17(2)26/h4-14H,15H2,1-3H3,(H,25,27). The lowest BCUT2D eigenvalue weighted by Crippen LogP contribution is -2.13. The quantitative estimate of drug-likeness (QED) is 0.575. The Morgan fingerprint density at radius 3 is 2.41 bits per heavy atom. The largest absolute Gasteiger partial charge is 0.496 e. The van der Waals surface area contributed by atoms with Crippen LogP contribution in [0.2, 0.25) is 0 Å². The summed E-state index contributed by atoms with van der Waals surface area (Å²) in [6, 6.07) is 19.8. The van der Waals surface area contributed by atoms with Gasteiger partial charge in [0.1, 0.15) is 18.1 Å². The predicted octanol–water partition coefficient (Wildman–Crippen LogP) is 5.04. The van der Waals surface area contributed by atoms with Crippen molar-refractivity contribution in [3.8, 4) is 11.5 Å². The number of ketones is 1. The molecule has 0 spiro atoms. The molecule has 0 heterocycles. The molecule has 5 nitrogen and oxygen atoms in total. The van der Waals surface area contributed by atoms with Crippen molar-refractivity contribution in [2.24, 2.45) is 0 Å². The third-order valence-electron chi connectivity index (χ3n) is 4.55. The van der Waals surface area contributed by atoms with Crippen LogP contribution in [0.15, 0.2) is 66.7 Å². The molecule has 0 saturated heterocycles. The summed E-state index contributed by atoms with van der Waals surface area (Å²) in [7, 11) is 1.58. The summed E-state index contributed by atoms with van der Waals surface area (Å²) >= 11 is 0. The fourth-order valence-electron chi connectivity index (χ4n) is 2.93. The summed E-state index contributed by atoms with van der Waals surface area (Å²) in [5.74, 6) is 1.10. The van der Waals surface area contributed by atoms with Gasteiger partial charge in [-0.15, -0.1) is 0 Å². The average molecular weight is 389 g/mol. The van der Waals surface area contributed by atoms with E-state index in [0.717, 1.165) is 16.9 Å². The van der Waals surface area contributed by atoms with E-state index in [1.54, 1.807) is 49.6 Å². The lowest BCUT2D eigenvalue weighted by atomic mass is 10.1. The molecule has 1 N–H and O–H groups in total. The number of methoxy groups -OCH3 is 1. The number of Topliss-reactive ketones (excluding diaryl/α,β-unsaturated/α-hetero) is 1. The maximum Gasteiger partial charge on any atom is 0.255 e. The molecule has 0 aliphatic heterocycles. The van der Waals surface area contributed by atoms with E-state index < -0.39 is 0 Å². The molecule has 1 amide bonds. The van der Waals surface area contributed by atoms with Crippen LogP contribution in [0.3, 0.4) is 0 Å². The fraction of sp³-hybridized carbons (Fsp3) is 0.167. The summed E-state index contributed by atoms with van der Waals surface area (Å²) in [5, 5.41) is 2.83. The molecule has 0 aromatic heterocycles. The Morgan fingerprint density at radius 1 is 0.897 bits per heavy atom.